The Hall–Kier alpha value is -0.700. The predicted octanol–water partition coefficient (Wildman–Crippen LogP) is 4.43. The van der Waals surface area contributed by atoms with Crippen LogP contribution in [-0.4, -0.2) is 67.7 Å². The lowest BCUT2D eigenvalue weighted by Crippen LogP contribution is -2.47. The standard InChI is InChI=1S/C22H47N2O7P/c1-8-10-13-29-32(27,30-14-11-9-2)18-28-15-12-22(6,7)24-17-19(25)16-23-20(26)31-21(3,4)5/h19,24-25H,8-18H2,1-7H3,(H,23,26)/t19-/m0/s1. The summed E-state index contributed by atoms with van der Waals surface area (Å²) in [5.74, 6) is 0. The molecule has 32 heavy (non-hydrogen) atoms. The third-order valence-corrected chi connectivity index (χ3v) is 6.04. The Morgan fingerprint density at radius 2 is 1.53 bits per heavy atom. The maximum atomic E-state index is 12.9. The molecule has 1 amide bonds. The highest BCUT2D eigenvalue weighted by atomic mass is 31.2. The van der Waals surface area contributed by atoms with Crippen molar-refractivity contribution in [1.29, 1.82) is 0 Å². The van der Waals surface area contributed by atoms with Gasteiger partial charge >= 0.3 is 13.7 Å². The Kier molecular flexibility index (Phi) is 15.7. The lowest BCUT2D eigenvalue weighted by atomic mass is 10.0. The van der Waals surface area contributed by atoms with E-state index in [1.165, 1.54) is 0 Å². The van der Waals surface area contributed by atoms with Crippen LogP contribution in [0.25, 0.3) is 0 Å². The number of aliphatic hydroxyl groups excluding tert-OH is 1. The van der Waals surface area contributed by atoms with Gasteiger partial charge in [-0.05, 0) is 53.9 Å². The minimum Gasteiger partial charge on any atom is -0.444 e. The molecule has 192 valence electrons. The second-order valence-electron chi connectivity index (χ2n) is 9.57. The fourth-order valence-corrected chi connectivity index (χ4v) is 3.77. The number of carbonyl (C=O) groups excluding carboxylic acids is 1. The summed E-state index contributed by atoms with van der Waals surface area (Å²) in [5, 5.41) is 15.9. The molecule has 0 aromatic heterocycles. The van der Waals surface area contributed by atoms with Crippen LogP contribution in [0.1, 0.15) is 80.6 Å². The van der Waals surface area contributed by atoms with Gasteiger partial charge in [-0.3, -0.25) is 4.57 Å². The number of carbonyl (C=O) groups is 1. The molecule has 0 rings (SSSR count). The van der Waals surface area contributed by atoms with Crippen molar-refractivity contribution in [2.45, 2.75) is 97.8 Å². The molecule has 9 nitrogen and oxygen atoms in total. The fourth-order valence-electron chi connectivity index (χ4n) is 2.38. The maximum absolute atomic E-state index is 12.9. The molecular formula is C22H47N2O7P. The van der Waals surface area contributed by atoms with E-state index in [-0.39, 0.29) is 18.4 Å². The van der Waals surface area contributed by atoms with Gasteiger partial charge in [0.2, 0.25) is 0 Å². The van der Waals surface area contributed by atoms with Crippen LogP contribution in [0.5, 0.6) is 0 Å². The highest BCUT2D eigenvalue weighted by molar-refractivity contribution is 7.53. The Balaban J connectivity index is 4.28. The summed E-state index contributed by atoms with van der Waals surface area (Å²) in [6.07, 6.45) is 2.79. The van der Waals surface area contributed by atoms with Crippen molar-refractivity contribution in [1.82, 2.24) is 10.6 Å². The van der Waals surface area contributed by atoms with Crippen molar-refractivity contribution in [2.75, 3.05) is 39.3 Å². The molecule has 0 aliphatic rings. The van der Waals surface area contributed by atoms with Crippen LogP contribution < -0.4 is 10.6 Å². The van der Waals surface area contributed by atoms with Crippen LogP contribution in [0.2, 0.25) is 0 Å². The molecule has 0 aliphatic heterocycles. The zero-order valence-electron chi connectivity index (χ0n) is 21.2. The molecule has 0 heterocycles. The smallest absolute Gasteiger partial charge is 0.407 e. The average molecular weight is 483 g/mol. The maximum Gasteiger partial charge on any atom is 0.407 e. The van der Waals surface area contributed by atoms with E-state index >= 15 is 0 Å². The monoisotopic (exact) mass is 482 g/mol. The van der Waals surface area contributed by atoms with E-state index in [0.717, 1.165) is 25.7 Å². The van der Waals surface area contributed by atoms with Crippen LogP contribution in [0.15, 0.2) is 0 Å². The molecule has 0 radical (unpaired) electrons. The highest BCUT2D eigenvalue weighted by Gasteiger charge is 2.26. The lowest BCUT2D eigenvalue weighted by molar-refractivity contribution is 0.0487. The summed E-state index contributed by atoms with van der Waals surface area (Å²) < 4.78 is 34.7. The molecule has 0 fully saturated rings. The SMILES string of the molecule is CCCCOP(=O)(COCCC(C)(C)NC[C@@H](O)CNC(=O)OC(C)(C)C)OCCCC. The molecule has 0 aromatic carbocycles. The van der Waals surface area contributed by atoms with E-state index in [9.17, 15) is 14.5 Å². The Morgan fingerprint density at radius 3 is 2.03 bits per heavy atom. The third kappa shape index (κ3) is 17.8. The van der Waals surface area contributed by atoms with Crippen LogP contribution in [0, 0.1) is 0 Å². The molecule has 0 saturated heterocycles. The van der Waals surface area contributed by atoms with Crippen molar-refractivity contribution in [3.05, 3.63) is 0 Å². The van der Waals surface area contributed by atoms with Crippen molar-refractivity contribution < 1.29 is 33.0 Å². The van der Waals surface area contributed by atoms with Gasteiger partial charge in [-0.1, -0.05) is 26.7 Å². The number of amides is 1. The van der Waals surface area contributed by atoms with E-state index < -0.39 is 25.4 Å². The molecule has 3 N–H and O–H groups in total. The minimum absolute atomic E-state index is 0.0705. The van der Waals surface area contributed by atoms with Crippen LogP contribution >= 0.6 is 7.60 Å². The largest absolute Gasteiger partial charge is 0.444 e. The van der Waals surface area contributed by atoms with Gasteiger partial charge in [-0.15, -0.1) is 0 Å². The molecule has 10 heteroatoms. The summed E-state index contributed by atoms with van der Waals surface area (Å²) in [6, 6.07) is 0. The first-order chi connectivity index (χ1) is 14.8. The van der Waals surface area contributed by atoms with Crippen LogP contribution in [0.3, 0.4) is 0 Å². The van der Waals surface area contributed by atoms with Crippen molar-refractivity contribution in [2.24, 2.45) is 0 Å². The van der Waals surface area contributed by atoms with E-state index in [1.54, 1.807) is 20.8 Å². The van der Waals surface area contributed by atoms with Gasteiger partial charge in [0.25, 0.3) is 0 Å². The molecule has 0 unspecified atom stereocenters. The van der Waals surface area contributed by atoms with Gasteiger partial charge in [-0.25, -0.2) is 4.79 Å². The van der Waals surface area contributed by atoms with Gasteiger partial charge < -0.3 is 34.3 Å². The minimum atomic E-state index is -3.26. The van der Waals surface area contributed by atoms with Gasteiger partial charge in [0, 0.05) is 25.2 Å². The fraction of sp³-hybridized carbons (Fsp3) is 0.955. The lowest BCUT2D eigenvalue weighted by Gasteiger charge is -2.28. The van der Waals surface area contributed by atoms with E-state index in [1.807, 2.05) is 27.7 Å². The van der Waals surface area contributed by atoms with E-state index in [4.69, 9.17) is 18.5 Å². The van der Waals surface area contributed by atoms with E-state index in [0.29, 0.717) is 32.8 Å². The number of ether oxygens (including phenoxy) is 2. The molecular weight excluding hydrogens is 435 g/mol. The van der Waals surface area contributed by atoms with Gasteiger partial charge in [0.05, 0.1) is 19.3 Å². The second-order valence-corrected chi connectivity index (χ2v) is 11.6. The summed E-state index contributed by atoms with van der Waals surface area (Å²) in [4.78, 5) is 11.7. The number of β-amino-alcohol motifs (C(OH)–C–C–N with tert-alkyl or cyclic N) is 1. The summed E-state index contributed by atoms with van der Waals surface area (Å²) >= 11 is 0. The molecule has 1 atom stereocenters. The molecule has 0 saturated carbocycles. The topological polar surface area (TPSA) is 115 Å². The molecule has 0 bridgehead atoms. The Morgan fingerprint density at radius 1 is 0.969 bits per heavy atom. The second kappa shape index (κ2) is 16.0. The highest BCUT2D eigenvalue weighted by Crippen LogP contribution is 2.48. The average Bonchev–Trinajstić information content (AvgIpc) is 2.67. The Bertz CT molecular complexity index is 539. The third-order valence-electron chi connectivity index (χ3n) is 4.39. The number of alkyl carbamates (subject to hydrolysis) is 1. The first-order valence-corrected chi connectivity index (χ1v) is 13.4. The van der Waals surface area contributed by atoms with E-state index in [2.05, 4.69) is 10.6 Å². The summed E-state index contributed by atoms with van der Waals surface area (Å²) in [6.45, 7) is 14.9. The first-order valence-electron chi connectivity index (χ1n) is 11.7. The molecule has 0 aliphatic carbocycles. The molecule has 0 spiro atoms. The number of hydrogen-bond acceptors (Lipinski definition) is 8. The number of hydrogen-bond donors (Lipinski definition) is 3. The normalized spacial score (nSPS) is 13.8. The first kappa shape index (κ1) is 31.3. The quantitative estimate of drug-likeness (QED) is 0.194. The predicted molar refractivity (Wildman–Crippen MR) is 127 cm³/mol. The van der Waals surface area contributed by atoms with Crippen LogP contribution in [-0.2, 0) is 23.1 Å². The van der Waals surface area contributed by atoms with Crippen molar-refractivity contribution in [3.8, 4) is 0 Å². The molecule has 0 aromatic rings. The zero-order chi connectivity index (χ0) is 24.7. The summed E-state index contributed by atoms with van der Waals surface area (Å²) in [5.41, 5.74) is -0.912. The van der Waals surface area contributed by atoms with Gasteiger partial charge in [0.1, 0.15) is 11.9 Å². The van der Waals surface area contributed by atoms with Crippen molar-refractivity contribution in [3.63, 3.8) is 0 Å². The van der Waals surface area contributed by atoms with Crippen molar-refractivity contribution >= 4 is 13.7 Å². The van der Waals surface area contributed by atoms with Gasteiger partial charge in [0.15, 0.2) is 0 Å². The zero-order valence-corrected chi connectivity index (χ0v) is 22.1. The van der Waals surface area contributed by atoms with Crippen LogP contribution in [0.4, 0.5) is 4.79 Å². The summed E-state index contributed by atoms with van der Waals surface area (Å²) in [7, 11) is -3.26. The number of aliphatic hydroxyl groups is 1. The van der Waals surface area contributed by atoms with Gasteiger partial charge in [-0.2, -0.15) is 0 Å². The number of nitrogens with one attached hydrogen (secondary N) is 2. The number of unbranched alkanes of at least 4 members (excludes halogenated alkanes) is 2. The Labute approximate surface area is 194 Å². The number of rotatable bonds is 18.